The zero-order valence-electron chi connectivity index (χ0n) is 37.9. The van der Waals surface area contributed by atoms with E-state index in [9.17, 15) is 32.3 Å². The van der Waals surface area contributed by atoms with Gasteiger partial charge in [-0.25, -0.2) is 5.43 Å². The minimum atomic E-state index is -4.57. The lowest BCUT2D eigenvalue weighted by atomic mass is 9.84. The largest absolute Gasteiger partial charge is 0.464 e. The number of alkyl halides is 3. The van der Waals surface area contributed by atoms with Crippen LogP contribution in [-0.2, 0) is 52.8 Å². The van der Waals surface area contributed by atoms with Crippen LogP contribution in [0.1, 0.15) is 70.4 Å². The highest BCUT2D eigenvalue weighted by Crippen LogP contribution is 2.43. The van der Waals surface area contributed by atoms with Crippen molar-refractivity contribution in [3.05, 3.63) is 90.3 Å². The Morgan fingerprint density at radius 1 is 1.08 bits per heavy atom. The Bertz CT molecular complexity index is 2430. The summed E-state index contributed by atoms with van der Waals surface area (Å²) in [5.74, 6) is -2.34. The second-order valence-corrected chi connectivity index (χ2v) is 18.6. The standard InChI is InChI=1S/C49H59F3N6O7/c1-8-42(59)56-24-34(25-56)64-26-38(29(2)3)45(60)54-40-21-31-12-9-13-32(20-31)33-16-17-41-36(22-33)37(23-48(5,6)28-65-47(62)39-15-11-19-58(55-39)46(40)61)44(57(41)27-49(50,51)52)35-14-10-18-53-43(35)30(4)63-7/h8-10,12-14,16-18,20,22,29-30,34,38-40,55H,1,11,15,19,21,23-28H2,2-7H3,(H,54,60)/t30?,38-,39-,40-/m0/s1. The van der Waals surface area contributed by atoms with Gasteiger partial charge in [0.15, 0.2) is 0 Å². The summed E-state index contributed by atoms with van der Waals surface area (Å²) in [5.41, 5.74) is 6.87. The van der Waals surface area contributed by atoms with Crippen molar-refractivity contribution < 1.29 is 46.6 Å². The van der Waals surface area contributed by atoms with Gasteiger partial charge in [-0.15, -0.1) is 0 Å². The lowest BCUT2D eigenvalue weighted by molar-refractivity contribution is -0.155. The summed E-state index contributed by atoms with van der Waals surface area (Å²) in [5, 5.41) is 5.02. The maximum atomic E-state index is 14.6. The Balaban J connectivity index is 1.30. The summed E-state index contributed by atoms with van der Waals surface area (Å²) in [7, 11) is 1.52. The van der Waals surface area contributed by atoms with Gasteiger partial charge in [0, 0.05) is 61.2 Å². The van der Waals surface area contributed by atoms with Crippen LogP contribution in [0.4, 0.5) is 13.2 Å². The number of hydrogen-bond acceptors (Lipinski definition) is 9. The topological polar surface area (TPSA) is 144 Å². The first kappa shape index (κ1) is 47.4. The molecule has 13 nitrogen and oxygen atoms in total. The van der Waals surface area contributed by atoms with Crippen LogP contribution in [0.2, 0.25) is 0 Å². The number of likely N-dealkylation sites (tertiary alicyclic amines) is 1. The van der Waals surface area contributed by atoms with Crippen LogP contribution < -0.4 is 10.7 Å². The molecule has 2 aromatic carbocycles. The molecule has 7 rings (SSSR count). The Kier molecular flexibility index (Phi) is 14.2. The molecule has 3 aliphatic heterocycles. The first-order valence-corrected chi connectivity index (χ1v) is 22.2. The van der Waals surface area contributed by atoms with Crippen molar-refractivity contribution in [1.29, 1.82) is 0 Å². The Hall–Kier alpha value is -5.58. The van der Waals surface area contributed by atoms with E-state index >= 15 is 0 Å². The van der Waals surface area contributed by atoms with E-state index in [-0.39, 0.29) is 56.4 Å². The molecule has 1 unspecified atom stereocenters. The number of carbonyl (C=O) groups is 4. The third kappa shape index (κ3) is 10.8. The molecule has 348 valence electrons. The molecule has 2 fully saturated rings. The highest BCUT2D eigenvalue weighted by molar-refractivity contribution is 5.95. The monoisotopic (exact) mass is 900 g/mol. The fourth-order valence-electron chi connectivity index (χ4n) is 8.94. The number of ether oxygens (including phenoxy) is 3. The van der Waals surface area contributed by atoms with Gasteiger partial charge in [-0.3, -0.25) is 29.2 Å². The zero-order chi connectivity index (χ0) is 46.8. The van der Waals surface area contributed by atoms with Gasteiger partial charge in [0.1, 0.15) is 18.6 Å². The Labute approximate surface area is 377 Å². The molecule has 2 saturated heterocycles. The van der Waals surface area contributed by atoms with E-state index < -0.39 is 54.1 Å². The van der Waals surface area contributed by atoms with E-state index in [1.54, 1.807) is 42.3 Å². The molecular weight excluding hydrogens is 842 g/mol. The average Bonchev–Trinajstić information content (AvgIpc) is 3.54. The summed E-state index contributed by atoms with van der Waals surface area (Å²) < 4.78 is 63.0. The molecular formula is C49H59F3N6O7. The number of amides is 3. The number of fused-ring (bicyclic) bond motifs is 6. The van der Waals surface area contributed by atoms with Crippen molar-refractivity contribution in [3.8, 4) is 22.4 Å². The van der Waals surface area contributed by atoms with Crippen molar-refractivity contribution >= 4 is 34.6 Å². The van der Waals surface area contributed by atoms with Crippen molar-refractivity contribution in [2.45, 2.75) is 97.3 Å². The fourth-order valence-corrected chi connectivity index (χ4v) is 8.94. The van der Waals surface area contributed by atoms with Gasteiger partial charge >= 0.3 is 12.1 Å². The number of hydrazine groups is 1. The molecule has 3 aliphatic rings. The molecule has 6 bridgehead atoms. The van der Waals surface area contributed by atoms with Gasteiger partial charge in [0.2, 0.25) is 11.8 Å². The van der Waals surface area contributed by atoms with Gasteiger partial charge in [0.25, 0.3) is 5.91 Å². The Morgan fingerprint density at radius 3 is 2.54 bits per heavy atom. The first-order chi connectivity index (χ1) is 30.9. The van der Waals surface area contributed by atoms with E-state index in [1.807, 2.05) is 58.0 Å². The molecule has 4 aromatic rings. The lowest BCUT2D eigenvalue weighted by Gasteiger charge is -2.39. The zero-order valence-corrected chi connectivity index (χ0v) is 37.9. The van der Waals surface area contributed by atoms with Gasteiger partial charge in [0.05, 0.1) is 42.7 Å². The summed E-state index contributed by atoms with van der Waals surface area (Å²) in [4.78, 5) is 60.7. The number of rotatable bonds is 11. The van der Waals surface area contributed by atoms with Gasteiger partial charge in [-0.2, -0.15) is 13.2 Å². The minimum absolute atomic E-state index is 0.0692. The molecule has 5 heterocycles. The predicted molar refractivity (Wildman–Crippen MR) is 239 cm³/mol. The Morgan fingerprint density at radius 2 is 1.83 bits per heavy atom. The summed E-state index contributed by atoms with van der Waals surface area (Å²) >= 11 is 0. The number of hydrogen-bond donors (Lipinski definition) is 2. The number of methoxy groups -OCH3 is 1. The van der Waals surface area contributed by atoms with Crippen LogP contribution in [0.25, 0.3) is 33.3 Å². The van der Waals surface area contributed by atoms with Crippen LogP contribution in [0.15, 0.2) is 73.4 Å². The van der Waals surface area contributed by atoms with Gasteiger partial charge < -0.3 is 29.0 Å². The maximum absolute atomic E-state index is 14.6. The second-order valence-electron chi connectivity index (χ2n) is 18.6. The number of nitrogens with zero attached hydrogens (tertiary/aromatic N) is 4. The lowest BCUT2D eigenvalue weighted by Crippen LogP contribution is -2.61. The maximum Gasteiger partial charge on any atom is 0.406 e. The highest BCUT2D eigenvalue weighted by atomic mass is 19.4. The molecule has 65 heavy (non-hydrogen) atoms. The normalized spacial score (nSPS) is 20.5. The molecule has 0 spiro atoms. The smallest absolute Gasteiger partial charge is 0.406 e. The summed E-state index contributed by atoms with van der Waals surface area (Å²) in [6.45, 7) is 12.8. The quantitative estimate of drug-likeness (QED) is 0.121. The van der Waals surface area contributed by atoms with Crippen LogP contribution in [0.3, 0.4) is 0 Å². The van der Waals surface area contributed by atoms with Crippen LogP contribution in [-0.4, -0.2) is 107 Å². The molecule has 0 radical (unpaired) electrons. The number of nitrogens with one attached hydrogen (secondary N) is 2. The molecule has 0 saturated carbocycles. The van der Waals surface area contributed by atoms with Crippen molar-refractivity contribution in [3.63, 3.8) is 0 Å². The molecule has 16 heteroatoms. The van der Waals surface area contributed by atoms with Crippen LogP contribution >= 0.6 is 0 Å². The molecule has 4 atom stereocenters. The fraction of sp³-hybridized carbons (Fsp3) is 0.490. The van der Waals surface area contributed by atoms with Gasteiger partial charge in [-0.05, 0) is 84.7 Å². The summed E-state index contributed by atoms with van der Waals surface area (Å²) in [6.07, 6.45) is -1.29. The molecule has 2 N–H and O–H groups in total. The van der Waals surface area contributed by atoms with Crippen LogP contribution in [0, 0.1) is 17.3 Å². The molecule has 0 aliphatic carbocycles. The van der Waals surface area contributed by atoms with E-state index in [1.165, 1.54) is 22.8 Å². The summed E-state index contributed by atoms with van der Waals surface area (Å²) in [6, 6.07) is 14.5. The highest BCUT2D eigenvalue weighted by Gasteiger charge is 2.38. The van der Waals surface area contributed by atoms with Crippen molar-refractivity contribution in [2.24, 2.45) is 17.3 Å². The van der Waals surface area contributed by atoms with Crippen molar-refractivity contribution in [1.82, 2.24) is 30.2 Å². The number of esters is 1. The number of carbonyl (C=O) groups excluding carboxylic acids is 4. The van der Waals surface area contributed by atoms with Crippen molar-refractivity contribution in [2.75, 3.05) is 40.0 Å². The number of halogens is 3. The van der Waals surface area contributed by atoms with Gasteiger partial charge in [-0.1, -0.05) is 64.6 Å². The molecule has 3 amide bonds. The number of cyclic esters (lactones) is 1. The van der Waals surface area contributed by atoms with E-state index in [0.717, 1.165) is 16.7 Å². The predicted octanol–water partition coefficient (Wildman–Crippen LogP) is 6.97. The van der Waals surface area contributed by atoms with Crippen LogP contribution in [0.5, 0.6) is 0 Å². The van der Waals surface area contributed by atoms with E-state index in [0.29, 0.717) is 59.3 Å². The average molecular weight is 901 g/mol. The third-order valence-electron chi connectivity index (χ3n) is 12.6. The second kappa shape index (κ2) is 19.5. The van der Waals surface area contributed by atoms with E-state index in [2.05, 4.69) is 22.3 Å². The molecule has 2 aromatic heterocycles. The van der Waals surface area contributed by atoms with E-state index in [4.69, 9.17) is 14.2 Å². The SMILES string of the molecule is C=CC(=O)N1CC(OC[C@H](C(=O)N[C@H]2Cc3cccc(c3)-c3ccc4c(c3)c(c(-c3cccnc3C(C)OC)n4CC(F)(F)F)CC(C)(C)COC(=O)[C@@H]3CCCN(N3)C2=O)C(C)C)C1. The minimum Gasteiger partial charge on any atom is -0.464 e. The first-order valence-electron chi connectivity index (χ1n) is 22.2. The number of benzene rings is 2. The number of pyridine rings is 1. The number of aromatic nitrogens is 2. The third-order valence-corrected chi connectivity index (χ3v) is 12.6.